The highest BCUT2D eigenvalue weighted by atomic mass is 15.1. The largest absolute Gasteiger partial charge is 0.325 e. The van der Waals surface area contributed by atoms with E-state index in [1.807, 2.05) is 7.05 Å². The molecule has 0 aromatic rings. The van der Waals surface area contributed by atoms with Crippen LogP contribution in [0, 0.1) is 0 Å². The predicted octanol–water partition coefficient (Wildman–Crippen LogP) is -0.160. The molecule has 0 heterocycles. The van der Waals surface area contributed by atoms with Crippen LogP contribution in [0.5, 0.6) is 0 Å². The molecule has 0 aromatic heterocycles. The Kier molecular flexibility index (Phi) is 0.570. The van der Waals surface area contributed by atoms with Crippen molar-refractivity contribution in [3.05, 3.63) is 0 Å². The van der Waals surface area contributed by atoms with Crippen molar-refractivity contribution in [1.82, 2.24) is 5.32 Å². The standard InChI is InChI=1S/C6H12N2/c1-8-6-2-5(7,3-6)4-6/h8H,2-4,7H2,1H3. The summed E-state index contributed by atoms with van der Waals surface area (Å²) in [7, 11) is 2.03. The molecule has 3 fully saturated rings. The summed E-state index contributed by atoms with van der Waals surface area (Å²) in [4.78, 5) is 0. The van der Waals surface area contributed by atoms with Crippen molar-refractivity contribution < 1.29 is 0 Å². The Bertz CT molecular complexity index is 111. The third-order valence-corrected chi connectivity index (χ3v) is 2.60. The molecule has 0 aromatic carbocycles. The van der Waals surface area contributed by atoms with Crippen LogP contribution in [0.2, 0.25) is 0 Å². The van der Waals surface area contributed by atoms with Gasteiger partial charge in [-0.05, 0) is 26.3 Å². The molecule has 2 heteroatoms. The highest BCUT2D eigenvalue weighted by Gasteiger charge is 2.64. The third kappa shape index (κ3) is 0.327. The summed E-state index contributed by atoms with van der Waals surface area (Å²) in [6.45, 7) is 0. The van der Waals surface area contributed by atoms with E-state index in [4.69, 9.17) is 5.73 Å². The van der Waals surface area contributed by atoms with Crippen LogP contribution < -0.4 is 11.1 Å². The average Bonchev–Trinajstić information content (AvgIpc) is 1.55. The van der Waals surface area contributed by atoms with Gasteiger partial charge in [0.1, 0.15) is 0 Å². The maximum atomic E-state index is 5.81. The Labute approximate surface area is 49.4 Å². The zero-order valence-electron chi connectivity index (χ0n) is 5.20. The van der Waals surface area contributed by atoms with Crippen LogP contribution in [0.4, 0.5) is 0 Å². The lowest BCUT2D eigenvalue weighted by atomic mass is 9.45. The van der Waals surface area contributed by atoms with Crippen molar-refractivity contribution in [1.29, 1.82) is 0 Å². The van der Waals surface area contributed by atoms with Crippen molar-refractivity contribution in [3.63, 3.8) is 0 Å². The van der Waals surface area contributed by atoms with Gasteiger partial charge in [0.25, 0.3) is 0 Å². The fourth-order valence-electron chi connectivity index (χ4n) is 2.13. The molecule has 0 radical (unpaired) electrons. The smallest absolute Gasteiger partial charge is 0.0230 e. The van der Waals surface area contributed by atoms with E-state index in [9.17, 15) is 0 Å². The number of nitrogens with one attached hydrogen (secondary N) is 1. The minimum absolute atomic E-state index is 0.267. The van der Waals surface area contributed by atoms with Crippen molar-refractivity contribution in [2.45, 2.75) is 30.3 Å². The second-order valence-electron chi connectivity index (χ2n) is 3.42. The van der Waals surface area contributed by atoms with E-state index in [0.717, 1.165) is 0 Å². The fraction of sp³-hybridized carbons (Fsp3) is 1.00. The minimum atomic E-state index is 0.267. The van der Waals surface area contributed by atoms with Crippen molar-refractivity contribution >= 4 is 0 Å². The fourth-order valence-corrected chi connectivity index (χ4v) is 2.13. The first-order valence-electron chi connectivity index (χ1n) is 3.16. The van der Waals surface area contributed by atoms with E-state index in [0.29, 0.717) is 5.54 Å². The summed E-state index contributed by atoms with van der Waals surface area (Å²) in [5.74, 6) is 0. The van der Waals surface area contributed by atoms with Gasteiger partial charge in [0.15, 0.2) is 0 Å². The maximum absolute atomic E-state index is 5.81. The van der Waals surface area contributed by atoms with E-state index in [-0.39, 0.29) is 5.54 Å². The van der Waals surface area contributed by atoms with Crippen LogP contribution in [0.15, 0.2) is 0 Å². The highest BCUT2D eigenvalue weighted by molar-refractivity contribution is 5.26. The molecule has 0 spiro atoms. The van der Waals surface area contributed by atoms with Gasteiger partial charge in [0, 0.05) is 11.1 Å². The lowest BCUT2D eigenvalue weighted by molar-refractivity contribution is -0.0732. The summed E-state index contributed by atoms with van der Waals surface area (Å²) >= 11 is 0. The Morgan fingerprint density at radius 2 is 1.88 bits per heavy atom. The molecule has 46 valence electrons. The second kappa shape index (κ2) is 0.957. The van der Waals surface area contributed by atoms with Gasteiger partial charge in [-0.2, -0.15) is 0 Å². The molecule has 3 aliphatic carbocycles. The number of hydrogen-bond acceptors (Lipinski definition) is 2. The summed E-state index contributed by atoms with van der Waals surface area (Å²) in [5.41, 5.74) is 6.57. The molecule has 2 nitrogen and oxygen atoms in total. The lowest BCUT2D eigenvalue weighted by Crippen LogP contribution is -2.81. The van der Waals surface area contributed by atoms with Gasteiger partial charge in [-0.15, -0.1) is 0 Å². The SMILES string of the molecule is CNC12CC(N)(C1)C2. The van der Waals surface area contributed by atoms with Crippen molar-refractivity contribution in [3.8, 4) is 0 Å². The molecule has 0 saturated heterocycles. The first-order valence-corrected chi connectivity index (χ1v) is 3.16. The Hall–Kier alpha value is -0.0800. The molecule has 0 atom stereocenters. The highest BCUT2D eigenvalue weighted by Crippen LogP contribution is 2.58. The van der Waals surface area contributed by atoms with E-state index in [2.05, 4.69) is 5.32 Å². The molecular weight excluding hydrogens is 100 g/mol. The summed E-state index contributed by atoms with van der Waals surface area (Å²) in [6.07, 6.45) is 3.61. The third-order valence-electron chi connectivity index (χ3n) is 2.60. The van der Waals surface area contributed by atoms with E-state index < -0.39 is 0 Å². The van der Waals surface area contributed by atoms with Gasteiger partial charge < -0.3 is 11.1 Å². The molecule has 2 bridgehead atoms. The molecule has 0 amide bonds. The minimum Gasteiger partial charge on any atom is -0.325 e. The van der Waals surface area contributed by atoms with Crippen LogP contribution >= 0.6 is 0 Å². The van der Waals surface area contributed by atoms with Gasteiger partial charge in [0.05, 0.1) is 0 Å². The lowest BCUT2D eigenvalue weighted by Gasteiger charge is -2.69. The molecule has 3 N–H and O–H groups in total. The molecular formula is C6H12N2. The number of hydrogen-bond donors (Lipinski definition) is 2. The van der Waals surface area contributed by atoms with Gasteiger partial charge >= 0.3 is 0 Å². The first kappa shape index (κ1) is 4.77. The van der Waals surface area contributed by atoms with Crippen LogP contribution in [-0.4, -0.2) is 18.1 Å². The van der Waals surface area contributed by atoms with Crippen LogP contribution in [-0.2, 0) is 0 Å². The van der Waals surface area contributed by atoms with E-state index >= 15 is 0 Å². The predicted molar refractivity (Wildman–Crippen MR) is 32.6 cm³/mol. The van der Waals surface area contributed by atoms with Gasteiger partial charge in [-0.3, -0.25) is 0 Å². The van der Waals surface area contributed by atoms with Crippen LogP contribution in [0.3, 0.4) is 0 Å². The van der Waals surface area contributed by atoms with Crippen LogP contribution in [0.25, 0.3) is 0 Å². The van der Waals surface area contributed by atoms with Crippen molar-refractivity contribution in [2.75, 3.05) is 7.05 Å². The first-order chi connectivity index (χ1) is 3.68. The number of rotatable bonds is 1. The maximum Gasteiger partial charge on any atom is 0.0230 e. The molecule has 3 rings (SSSR count). The van der Waals surface area contributed by atoms with E-state index in [1.54, 1.807) is 0 Å². The molecule has 3 aliphatic rings. The van der Waals surface area contributed by atoms with Crippen LogP contribution in [0.1, 0.15) is 19.3 Å². The van der Waals surface area contributed by atoms with Gasteiger partial charge in [-0.1, -0.05) is 0 Å². The molecule has 3 saturated carbocycles. The summed E-state index contributed by atoms with van der Waals surface area (Å²) in [6, 6.07) is 0. The van der Waals surface area contributed by atoms with Gasteiger partial charge in [-0.25, -0.2) is 0 Å². The van der Waals surface area contributed by atoms with Crippen molar-refractivity contribution in [2.24, 2.45) is 5.73 Å². The second-order valence-corrected chi connectivity index (χ2v) is 3.42. The Morgan fingerprint density at radius 3 is 2.00 bits per heavy atom. The molecule has 8 heavy (non-hydrogen) atoms. The summed E-state index contributed by atoms with van der Waals surface area (Å²) < 4.78 is 0. The van der Waals surface area contributed by atoms with Gasteiger partial charge in [0.2, 0.25) is 0 Å². The average molecular weight is 112 g/mol. The monoisotopic (exact) mass is 112 g/mol. The Balaban J connectivity index is 2.04. The quantitative estimate of drug-likeness (QED) is 0.494. The zero-order chi connectivity index (χ0) is 5.83. The normalized spacial score (nSPS) is 59.2. The summed E-state index contributed by atoms with van der Waals surface area (Å²) in [5, 5.41) is 3.29. The van der Waals surface area contributed by atoms with E-state index in [1.165, 1.54) is 19.3 Å². The Morgan fingerprint density at radius 1 is 1.38 bits per heavy atom. The zero-order valence-corrected chi connectivity index (χ0v) is 5.20. The topological polar surface area (TPSA) is 38.0 Å². The number of nitrogens with two attached hydrogens (primary N) is 1. The molecule has 0 aliphatic heterocycles. The molecule has 0 unspecified atom stereocenters.